The standard InChI is InChI=1S/C22H25N7O4/c1-13-8-17(30)21(33-13)29-19-18(28-22(29)27-15-4-6-31-7-5-15)20(26-12-25-19)32-11-14-2-3-16(9-23)24-10-14/h2-3,10,12-13,15,17,21,30H,4-8,11H2,1H3,(H,27,28)/t13-,17-,21-/m1/s1. The van der Waals surface area contributed by atoms with Crippen molar-refractivity contribution in [1.29, 1.82) is 5.26 Å². The van der Waals surface area contributed by atoms with E-state index in [1.807, 2.05) is 13.0 Å². The first kappa shape index (κ1) is 21.5. The van der Waals surface area contributed by atoms with Gasteiger partial charge in [-0.1, -0.05) is 6.07 Å². The third-order valence-electron chi connectivity index (χ3n) is 5.84. The van der Waals surface area contributed by atoms with E-state index in [9.17, 15) is 5.11 Å². The zero-order valence-corrected chi connectivity index (χ0v) is 18.2. The molecule has 2 fully saturated rings. The van der Waals surface area contributed by atoms with Crippen LogP contribution in [0, 0.1) is 11.3 Å². The molecule has 0 spiro atoms. The van der Waals surface area contributed by atoms with E-state index < -0.39 is 12.3 Å². The number of nitrogens with one attached hydrogen (secondary N) is 1. The highest BCUT2D eigenvalue weighted by Gasteiger charge is 2.36. The molecule has 11 nitrogen and oxygen atoms in total. The highest BCUT2D eigenvalue weighted by molar-refractivity contribution is 5.79. The van der Waals surface area contributed by atoms with E-state index in [4.69, 9.17) is 24.5 Å². The Morgan fingerprint density at radius 1 is 1.27 bits per heavy atom. The van der Waals surface area contributed by atoms with E-state index >= 15 is 0 Å². The first-order chi connectivity index (χ1) is 16.1. The highest BCUT2D eigenvalue weighted by atomic mass is 16.5. The quantitative estimate of drug-likeness (QED) is 0.571. The number of nitrogens with zero attached hydrogens (tertiary/aromatic N) is 6. The second-order valence-corrected chi connectivity index (χ2v) is 8.28. The van der Waals surface area contributed by atoms with Crippen molar-refractivity contribution in [3.63, 3.8) is 0 Å². The molecule has 172 valence electrons. The van der Waals surface area contributed by atoms with Crippen LogP contribution in [0.3, 0.4) is 0 Å². The maximum absolute atomic E-state index is 10.7. The van der Waals surface area contributed by atoms with Gasteiger partial charge < -0.3 is 24.6 Å². The first-order valence-electron chi connectivity index (χ1n) is 11.0. The van der Waals surface area contributed by atoms with Gasteiger partial charge >= 0.3 is 0 Å². The Labute approximate surface area is 190 Å². The summed E-state index contributed by atoms with van der Waals surface area (Å²) in [6.07, 6.45) is 3.87. The molecule has 2 aliphatic rings. The Hall–Kier alpha value is -3.33. The smallest absolute Gasteiger partial charge is 0.245 e. The van der Waals surface area contributed by atoms with Crippen molar-refractivity contribution in [3.05, 3.63) is 35.9 Å². The summed E-state index contributed by atoms with van der Waals surface area (Å²) < 4.78 is 19.2. The molecule has 0 unspecified atom stereocenters. The summed E-state index contributed by atoms with van der Waals surface area (Å²) in [5.74, 6) is 0.874. The van der Waals surface area contributed by atoms with Gasteiger partial charge in [0.1, 0.15) is 30.8 Å². The third-order valence-corrected chi connectivity index (χ3v) is 5.84. The number of aromatic nitrogens is 5. The number of aliphatic hydroxyl groups is 1. The molecule has 2 saturated heterocycles. The molecule has 0 saturated carbocycles. The number of anilines is 1. The van der Waals surface area contributed by atoms with Gasteiger partial charge in [0.15, 0.2) is 17.4 Å². The van der Waals surface area contributed by atoms with Crippen molar-refractivity contribution in [1.82, 2.24) is 24.5 Å². The summed E-state index contributed by atoms with van der Waals surface area (Å²) in [7, 11) is 0. The number of aliphatic hydroxyl groups excluding tert-OH is 1. The van der Waals surface area contributed by atoms with Crippen LogP contribution in [-0.4, -0.2) is 61.1 Å². The molecule has 3 aromatic rings. The van der Waals surface area contributed by atoms with Gasteiger partial charge in [0, 0.05) is 37.4 Å². The molecule has 0 aromatic carbocycles. The van der Waals surface area contributed by atoms with Gasteiger partial charge in [0.2, 0.25) is 11.8 Å². The topological polar surface area (TPSA) is 140 Å². The van der Waals surface area contributed by atoms with Gasteiger partial charge in [-0.05, 0) is 25.8 Å². The molecular formula is C22H25N7O4. The zero-order chi connectivity index (χ0) is 22.8. The summed E-state index contributed by atoms with van der Waals surface area (Å²) in [4.78, 5) is 17.6. The maximum atomic E-state index is 10.7. The Morgan fingerprint density at radius 3 is 2.82 bits per heavy atom. The van der Waals surface area contributed by atoms with Gasteiger partial charge in [-0.15, -0.1) is 0 Å². The molecule has 33 heavy (non-hydrogen) atoms. The molecule has 0 aliphatic carbocycles. The molecule has 2 N–H and O–H groups in total. The summed E-state index contributed by atoms with van der Waals surface area (Å²) >= 11 is 0. The predicted octanol–water partition coefficient (Wildman–Crippen LogP) is 1.93. The Morgan fingerprint density at radius 2 is 2.12 bits per heavy atom. The van der Waals surface area contributed by atoms with E-state index in [0.29, 0.717) is 48.3 Å². The van der Waals surface area contributed by atoms with Crippen LogP contribution in [0.5, 0.6) is 5.88 Å². The van der Waals surface area contributed by atoms with Crippen LogP contribution >= 0.6 is 0 Å². The molecule has 5 heterocycles. The number of nitriles is 1. The largest absolute Gasteiger partial charge is 0.471 e. The monoisotopic (exact) mass is 451 g/mol. The summed E-state index contributed by atoms with van der Waals surface area (Å²) in [5.41, 5.74) is 2.13. The lowest BCUT2D eigenvalue weighted by Gasteiger charge is -2.25. The number of rotatable bonds is 6. The summed E-state index contributed by atoms with van der Waals surface area (Å²) in [5, 5.41) is 23.1. The molecule has 2 aliphatic heterocycles. The average molecular weight is 451 g/mol. The normalized spacial score (nSPS) is 23.5. The predicted molar refractivity (Wildman–Crippen MR) is 116 cm³/mol. The lowest BCUT2D eigenvalue weighted by molar-refractivity contribution is -0.0286. The van der Waals surface area contributed by atoms with Crippen LogP contribution < -0.4 is 10.1 Å². The first-order valence-corrected chi connectivity index (χ1v) is 11.0. The lowest BCUT2D eigenvalue weighted by atomic mass is 10.1. The fourth-order valence-corrected chi connectivity index (χ4v) is 4.16. The number of pyridine rings is 1. The van der Waals surface area contributed by atoms with Gasteiger partial charge in [-0.3, -0.25) is 4.57 Å². The molecule has 5 rings (SSSR count). The van der Waals surface area contributed by atoms with Crippen LogP contribution in [0.4, 0.5) is 5.95 Å². The van der Waals surface area contributed by atoms with Crippen molar-refractivity contribution >= 4 is 17.1 Å². The van der Waals surface area contributed by atoms with Crippen molar-refractivity contribution < 1.29 is 19.3 Å². The zero-order valence-electron chi connectivity index (χ0n) is 18.2. The second kappa shape index (κ2) is 9.27. The Bertz CT molecular complexity index is 1150. The van der Waals surface area contributed by atoms with Crippen LogP contribution in [0.2, 0.25) is 0 Å². The molecule has 3 atom stereocenters. The van der Waals surface area contributed by atoms with Crippen LogP contribution in [0.25, 0.3) is 11.2 Å². The van der Waals surface area contributed by atoms with Gasteiger partial charge in [0.25, 0.3) is 0 Å². The van der Waals surface area contributed by atoms with Crippen molar-refractivity contribution in [2.75, 3.05) is 18.5 Å². The minimum absolute atomic E-state index is 0.0835. The number of hydrogen-bond donors (Lipinski definition) is 2. The molecule has 0 radical (unpaired) electrons. The second-order valence-electron chi connectivity index (χ2n) is 8.28. The maximum Gasteiger partial charge on any atom is 0.245 e. The summed E-state index contributed by atoms with van der Waals surface area (Å²) in [6.45, 7) is 3.51. The van der Waals surface area contributed by atoms with Crippen LogP contribution in [-0.2, 0) is 16.1 Å². The number of hydrogen-bond acceptors (Lipinski definition) is 10. The molecule has 11 heteroatoms. The minimum Gasteiger partial charge on any atom is -0.471 e. The summed E-state index contributed by atoms with van der Waals surface area (Å²) in [6, 6.07) is 5.60. The van der Waals surface area contributed by atoms with E-state index in [0.717, 1.165) is 18.4 Å². The number of ether oxygens (including phenoxy) is 3. The molecule has 0 amide bonds. The van der Waals surface area contributed by atoms with E-state index in [-0.39, 0.29) is 18.8 Å². The highest BCUT2D eigenvalue weighted by Crippen LogP contribution is 2.36. The van der Waals surface area contributed by atoms with Crippen molar-refractivity contribution in [2.45, 2.75) is 57.3 Å². The molecular weight excluding hydrogens is 426 g/mol. The van der Waals surface area contributed by atoms with Gasteiger partial charge in [-0.2, -0.15) is 10.2 Å². The van der Waals surface area contributed by atoms with E-state index in [1.54, 1.807) is 22.9 Å². The lowest BCUT2D eigenvalue weighted by Crippen LogP contribution is -2.30. The van der Waals surface area contributed by atoms with Gasteiger partial charge in [-0.25, -0.2) is 15.0 Å². The van der Waals surface area contributed by atoms with E-state index in [2.05, 4.69) is 20.3 Å². The van der Waals surface area contributed by atoms with Gasteiger partial charge in [0.05, 0.1) is 6.10 Å². The Kier molecular flexibility index (Phi) is 6.04. The van der Waals surface area contributed by atoms with Crippen LogP contribution in [0.15, 0.2) is 24.7 Å². The van der Waals surface area contributed by atoms with E-state index in [1.165, 1.54) is 6.33 Å². The Balaban J connectivity index is 1.48. The minimum atomic E-state index is -0.684. The SMILES string of the molecule is C[C@@H]1C[C@@H](O)[C@H](n2c(NC3CCOCC3)nc3c(OCc4ccc(C#N)nc4)ncnc32)O1. The number of imidazole rings is 1. The molecule has 0 bridgehead atoms. The van der Waals surface area contributed by atoms with Crippen molar-refractivity contribution in [2.24, 2.45) is 0 Å². The third kappa shape index (κ3) is 4.45. The fraction of sp³-hybridized carbons (Fsp3) is 0.500. The fourth-order valence-electron chi connectivity index (χ4n) is 4.16. The number of fused-ring (bicyclic) bond motifs is 1. The average Bonchev–Trinajstić information content (AvgIpc) is 3.36. The van der Waals surface area contributed by atoms with Crippen molar-refractivity contribution in [3.8, 4) is 11.9 Å². The van der Waals surface area contributed by atoms with Crippen LogP contribution in [0.1, 0.15) is 43.7 Å². The molecule has 3 aromatic heterocycles.